The quantitative estimate of drug-likeness (QED) is 0.906. The molecular weight excluding hydrogens is 258 g/mol. The number of nitrogens with two attached hydrogens (primary N) is 1. The summed E-state index contributed by atoms with van der Waals surface area (Å²) in [6.07, 6.45) is 0. The molecule has 0 spiro atoms. The van der Waals surface area contributed by atoms with Gasteiger partial charge < -0.3 is 10.6 Å². The third kappa shape index (κ3) is 3.33. The van der Waals surface area contributed by atoms with Crippen LogP contribution in [0.1, 0.15) is 18.1 Å². The van der Waals surface area contributed by atoms with E-state index in [0.29, 0.717) is 12.1 Å². The maximum atomic E-state index is 13.4. The van der Waals surface area contributed by atoms with Gasteiger partial charge in [0.25, 0.3) is 0 Å². The highest BCUT2D eigenvalue weighted by molar-refractivity contribution is 5.47. The summed E-state index contributed by atoms with van der Waals surface area (Å²) in [4.78, 5) is 2.09. The van der Waals surface area contributed by atoms with Gasteiger partial charge in [-0.2, -0.15) is 0 Å². The van der Waals surface area contributed by atoms with E-state index in [1.807, 2.05) is 6.92 Å². The van der Waals surface area contributed by atoms with Gasteiger partial charge in [-0.25, -0.2) is 8.78 Å². The first-order valence-electron chi connectivity index (χ1n) is 6.62. The summed E-state index contributed by atoms with van der Waals surface area (Å²) in [7, 11) is 0. The lowest BCUT2D eigenvalue weighted by molar-refractivity contribution is 0.609. The summed E-state index contributed by atoms with van der Waals surface area (Å²) < 4.78 is 26.4. The Morgan fingerprint density at radius 2 is 1.75 bits per heavy atom. The van der Waals surface area contributed by atoms with Crippen LogP contribution in [0.3, 0.4) is 0 Å². The zero-order chi connectivity index (χ0) is 14.5. The van der Waals surface area contributed by atoms with Crippen LogP contribution in [0.2, 0.25) is 0 Å². The zero-order valence-corrected chi connectivity index (χ0v) is 11.4. The number of anilines is 1. The molecule has 0 aliphatic heterocycles. The topological polar surface area (TPSA) is 29.3 Å². The molecule has 2 aromatic rings. The Kier molecular flexibility index (Phi) is 4.69. The van der Waals surface area contributed by atoms with E-state index in [9.17, 15) is 8.78 Å². The smallest absolute Gasteiger partial charge is 0.127 e. The summed E-state index contributed by atoms with van der Waals surface area (Å²) in [6, 6.07) is 11.3. The summed E-state index contributed by atoms with van der Waals surface area (Å²) in [5.74, 6) is -0.530. The summed E-state index contributed by atoms with van der Waals surface area (Å²) in [5, 5.41) is 0. The zero-order valence-electron chi connectivity index (χ0n) is 11.4. The third-order valence-corrected chi connectivity index (χ3v) is 3.28. The van der Waals surface area contributed by atoms with E-state index in [1.54, 1.807) is 24.3 Å². The van der Waals surface area contributed by atoms with Crippen LogP contribution in [0.4, 0.5) is 14.5 Å². The molecule has 0 radical (unpaired) electrons. The van der Waals surface area contributed by atoms with Crippen molar-refractivity contribution >= 4 is 5.69 Å². The van der Waals surface area contributed by atoms with Crippen molar-refractivity contribution in [2.45, 2.75) is 20.0 Å². The summed E-state index contributed by atoms with van der Waals surface area (Å²) in [5.41, 5.74) is 7.95. The Balaban J connectivity index is 2.19. The first-order valence-corrected chi connectivity index (χ1v) is 6.62. The Morgan fingerprint density at radius 3 is 2.35 bits per heavy atom. The van der Waals surface area contributed by atoms with Crippen molar-refractivity contribution in [2.75, 3.05) is 11.4 Å². The van der Waals surface area contributed by atoms with E-state index in [2.05, 4.69) is 4.90 Å². The predicted molar refractivity (Wildman–Crippen MR) is 77.4 cm³/mol. The van der Waals surface area contributed by atoms with E-state index in [1.165, 1.54) is 18.2 Å². The van der Waals surface area contributed by atoms with Crippen molar-refractivity contribution < 1.29 is 8.78 Å². The Labute approximate surface area is 117 Å². The molecule has 106 valence electrons. The number of benzene rings is 2. The average molecular weight is 276 g/mol. The Bertz CT molecular complexity index is 567. The lowest BCUT2D eigenvalue weighted by Crippen LogP contribution is -2.22. The first-order chi connectivity index (χ1) is 9.63. The van der Waals surface area contributed by atoms with Gasteiger partial charge in [-0.15, -0.1) is 0 Å². The number of halogens is 2. The van der Waals surface area contributed by atoms with Gasteiger partial charge in [0.15, 0.2) is 0 Å². The number of rotatable bonds is 5. The van der Waals surface area contributed by atoms with Crippen LogP contribution in [-0.2, 0) is 13.1 Å². The second kappa shape index (κ2) is 6.48. The van der Waals surface area contributed by atoms with E-state index in [0.717, 1.165) is 17.8 Å². The SMILES string of the molecule is CCN(Cc1ccc(F)c(CN)c1)c1ccc(F)cc1. The molecule has 0 aliphatic carbocycles. The first kappa shape index (κ1) is 14.5. The van der Waals surface area contributed by atoms with Crippen LogP contribution in [0, 0.1) is 11.6 Å². The van der Waals surface area contributed by atoms with Crippen molar-refractivity contribution in [3.8, 4) is 0 Å². The van der Waals surface area contributed by atoms with E-state index in [-0.39, 0.29) is 18.2 Å². The number of nitrogens with zero attached hydrogens (tertiary/aromatic N) is 1. The fourth-order valence-electron chi connectivity index (χ4n) is 2.14. The van der Waals surface area contributed by atoms with Crippen LogP contribution in [0.25, 0.3) is 0 Å². The summed E-state index contributed by atoms with van der Waals surface area (Å²) in [6.45, 7) is 3.62. The van der Waals surface area contributed by atoms with Crippen molar-refractivity contribution in [3.05, 3.63) is 65.2 Å². The molecular formula is C16H18F2N2. The molecule has 0 heterocycles. The molecule has 2 N–H and O–H groups in total. The average Bonchev–Trinajstić information content (AvgIpc) is 2.47. The van der Waals surface area contributed by atoms with Crippen LogP contribution < -0.4 is 10.6 Å². The van der Waals surface area contributed by atoms with Crippen LogP contribution in [0.5, 0.6) is 0 Å². The Hall–Kier alpha value is -1.94. The van der Waals surface area contributed by atoms with Crippen LogP contribution >= 0.6 is 0 Å². The minimum absolute atomic E-state index is 0.183. The van der Waals surface area contributed by atoms with Gasteiger partial charge in [0.1, 0.15) is 11.6 Å². The molecule has 0 aromatic heterocycles. The largest absolute Gasteiger partial charge is 0.367 e. The molecule has 0 bridgehead atoms. The molecule has 2 rings (SSSR count). The fraction of sp³-hybridized carbons (Fsp3) is 0.250. The number of hydrogen-bond acceptors (Lipinski definition) is 2. The maximum Gasteiger partial charge on any atom is 0.127 e. The summed E-state index contributed by atoms with van der Waals surface area (Å²) >= 11 is 0. The molecule has 0 unspecified atom stereocenters. The molecule has 4 heteroatoms. The third-order valence-electron chi connectivity index (χ3n) is 3.28. The monoisotopic (exact) mass is 276 g/mol. The van der Waals surface area contributed by atoms with Gasteiger partial charge in [-0.05, 0) is 48.9 Å². The molecule has 20 heavy (non-hydrogen) atoms. The minimum atomic E-state index is -0.277. The molecule has 2 nitrogen and oxygen atoms in total. The molecule has 0 aliphatic rings. The van der Waals surface area contributed by atoms with Gasteiger partial charge in [-0.1, -0.05) is 6.07 Å². The second-order valence-corrected chi connectivity index (χ2v) is 4.62. The van der Waals surface area contributed by atoms with E-state index >= 15 is 0 Å². The normalized spacial score (nSPS) is 10.6. The van der Waals surface area contributed by atoms with Gasteiger partial charge >= 0.3 is 0 Å². The van der Waals surface area contributed by atoms with Crippen molar-refractivity contribution in [1.82, 2.24) is 0 Å². The van der Waals surface area contributed by atoms with Gasteiger partial charge in [0, 0.05) is 30.9 Å². The molecule has 0 fully saturated rings. The fourth-order valence-corrected chi connectivity index (χ4v) is 2.14. The highest BCUT2D eigenvalue weighted by atomic mass is 19.1. The molecule has 2 aromatic carbocycles. The minimum Gasteiger partial charge on any atom is -0.367 e. The Morgan fingerprint density at radius 1 is 1.05 bits per heavy atom. The van der Waals surface area contributed by atoms with Gasteiger partial charge in [0.05, 0.1) is 0 Å². The molecule has 0 amide bonds. The van der Waals surface area contributed by atoms with Crippen LogP contribution in [-0.4, -0.2) is 6.54 Å². The molecule has 0 saturated carbocycles. The highest BCUT2D eigenvalue weighted by Crippen LogP contribution is 2.19. The van der Waals surface area contributed by atoms with Crippen molar-refractivity contribution in [1.29, 1.82) is 0 Å². The van der Waals surface area contributed by atoms with E-state index < -0.39 is 0 Å². The van der Waals surface area contributed by atoms with Crippen LogP contribution in [0.15, 0.2) is 42.5 Å². The maximum absolute atomic E-state index is 13.4. The standard InChI is InChI=1S/C16H18F2N2/c1-2-20(15-6-4-14(17)5-7-15)11-12-3-8-16(18)13(9-12)10-19/h3-9H,2,10-11,19H2,1H3. The highest BCUT2D eigenvalue weighted by Gasteiger charge is 2.08. The van der Waals surface area contributed by atoms with E-state index in [4.69, 9.17) is 5.73 Å². The number of hydrogen-bond donors (Lipinski definition) is 1. The predicted octanol–water partition coefficient (Wildman–Crippen LogP) is 3.45. The lowest BCUT2D eigenvalue weighted by atomic mass is 10.1. The van der Waals surface area contributed by atoms with Gasteiger partial charge in [0.2, 0.25) is 0 Å². The molecule has 0 saturated heterocycles. The van der Waals surface area contributed by atoms with Gasteiger partial charge in [-0.3, -0.25) is 0 Å². The second-order valence-electron chi connectivity index (χ2n) is 4.62. The van der Waals surface area contributed by atoms with Crippen molar-refractivity contribution in [3.63, 3.8) is 0 Å². The molecule has 0 atom stereocenters. The van der Waals surface area contributed by atoms with Crippen molar-refractivity contribution in [2.24, 2.45) is 5.73 Å². The lowest BCUT2D eigenvalue weighted by Gasteiger charge is -2.23.